The topological polar surface area (TPSA) is 22.1 Å². The minimum Gasteiger partial charge on any atom is -0.404 e. The first-order valence-corrected chi connectivity index (χ1v) is 5.20. The molecule has 0 aliphatic rings. The van der Waals surface area contributed by atoms with Crippen LogP contribution >= 0.6 is 11.6 Å². The van der Waals surface area contributed by atoms with Crippen molar-refractivity contribution in [2.75, 3.05) is 0 Å². The van der Waals surface area contributed by atoms with Crippen molar-refractivity contribution in [3.8, 4) is 5.75 Å². The van der Waals surface area contributed by atoms with Crippen LogP contribution < -0.4 is 4.74 Å². The average molecular weight is 330 g/mol. The fraction of sp³-hybridized carbons (Fsp3) is 0.444. The molecule has 0 bridgehead atoms. The molecule has 114 valence electrons. The van der Waals surface area contributed by atoms with E-state index in [0.717, 1.165) is 0 Å². The molecule has 0 radical (unpaired) electrons. The van der Waals surface area contributed by atoms with Crippen molar-refractivity contribution in [3.63, 3.8) is 0 Å². The summed E-state index contributed by atoms with van der Waals surface area (Å²) in [5.41, 5.74) is -4.59. The Labute approximate surface area is 111 Å². The first kappa shape index (κ1) is 16.7. The lowest BCUT2D eigenvalue weighted by Gasteiger charge is -2.17. The van der Waals surface area contributed by atoms with E-state index in [2.05, 4.69) is 9.72 Å². The van der Waals surface area contributed by atoms with Crippen LogP contribution in [0.2, 0.25) is 0 Å². The zero-order valence-corrected chi connectivity index (χ0v) is 9.87. The minimum atomic E-state index is -5.31. The first-order valence-electron chi connectivity index (χ1n) is 4.66. The van der Waals surface area contributed by atoms with Gasteiger partial charge in [0, 0.05) is 0 Å². The van der Waals surface area contributed by atoms with Gasteiger partial charge in [-0.25, -0.2) is 13.8 Å². The molecule has 0 saturated heterocycles. The number of hydrogen-bond acceptors (Lipinski definition) is 2. The maximum Gasteiger partial charge on any atom is 0.573 e. The molecule has 0 saturated carbocycles. The third-order valence-corrected chi connectivity index (χ3v) is 2.21. The molecule has 0 aromatic carbocycles. The lowest BCUT2D eigenvalue weighted by Crippen LogP contribution is -2.20. The predicted molar refractivity (Wildman–Crippen MR) is 50.4 cm³/mol. The Kier molecular flexibility index (Phi) is 4.67. The van der Waals surface area contributed by atoms with Crippen LogP contribution in [0.5, 0.6) is 5.75 Å². The Morgan fingerprint density at radius 2 is 1.70 bits per heavy atom. The van der Waals surface area contributed by atoms with E-state index in [1.807, 2.05) is 0 Å². The number of aromatic nitrogens is 1. The van der Waals surface area contributed by atoms with Crippen LogP contribution in [0.1, 0.15) is 23.4 Å². The van der Waals surface area contributed by atoms with Gasteiger partial charge < -0.3 is 4.74 Å². The fourth-order valence-corrected chi connectivity index (χ4v) is 1.44. The van der Waals surface area contributed by atoms with E-state index in [9.17, 15) is 35.1 Å². The predicted octanol–water partition coefficient (Wildman–Crippen LogP) is 4.68. The van der Waals surface area contributed by atoms with Gasteiger partial charge in [0.25, 0.3) is 6.43 Å². The smallest absolute Gasteiger partial charge is 0.404 e. The van der Waals surface area contributed by atoms with E-state index in [-0.39, 0.29) is 6.07 Å². The molecule has 1 aromatic rings. The van der Waals surface area contributed by atoms with Crippen LogP contribution in [0.25, 0.3) is 0 Å². The molecule has 1 heterocycles. The summed E-state index contributed by atoms with van der Waals surface area (Å²) < 4.78 is 102. The SMILES string of the molecule is FC(F)c1nc(CCl)c(OC(F)(F)F)cc1C(F)(F)F. The quantitative estimate of drug-likeness (QED) is 0.593. The van der Waals surface area contributed by atoms with Gasteiger partial charge in [-0.05, 0) is 6.07 Å². The molecule has 0 fully saturated rings. The number of ether oxygens (including phenoxy) is 1. The molecule has 0 N–H and O–H groups in total. The summed E-state index contributed by atoms with van der Waals surface area (Å²) >= 11 is 5.17. The van der Waals surface area contributed by atoms with Crippen molar-refractivity contribution in [3.05, 3.63) is 23.0 Å². The minimum absolute atomic E-state index is 0.195. The highest BCUT2D eigenvalue weighted by Crippen LogP contribution is 2.39. The molecule has 2 nitrogen and oxygen atoms in total. The normalized spacial score (nSPS) is 12.9. The summed E-state index contributed by atoms with van der Waals surface area (Å²) in [6.07, 6.45) is -14.3. The summed E-state index contributed by atoms with van der Waals surface area (Å²) in [6, 6.07) is -0.195. The average Bonchev–Trinajstić information content (AvgIpc) is 2.24. The van der Waals surface area contributed by atoms with Crippen molar-refractivity contribution in [1.82, 2.24) is 4.98 Å². The van der Waals surface area contributed by atoms with E-state index in [1.165, 1.54) is 0 Å². The molecular weight excluding hydrogens is 326 g/mol. The Bertz CT molecular complexity index is 484. The highest BCUT2D eigenvalue weighted by Gasteiger charge is 2.40. The summed E-state index contributed by atoms with van der Waals surface area (Å²) in [5, 5.41) is 0. The summed E-state index contributed by atoms with van der Waals surface area (Å²) in [4.78, 5) is 2.81. The Morgan fingerprint density at radius 3 is 2.05 bits per heavy atom. The molecule has 0 unspecified atom stereocenters. The number of nitrogens with zero attached hydrogens (tertiary/aromatic N) is 1. The molecule has 1 rings (SSSR count). The van der Waals surface area contributed by atoms with Crippen molar-refractivity contribution in [2.24, 2.45) is 0 Å². The Hall–Kier alpha value is -1.32. The second kappa shape index (κ2) is 5.58. The summed E-state index contributed by atoms with van der Waals surface area (Å²) in [7, 11) is 0. The molecule has 0 spiro atoms. The van der Waals surface area contributed by atoms with Gasteiger partial charge in [-0.15, -0.1) is 24.8 Å². The zero-order valence-electron chi connectivity index (χ0n) is 9.12. The third-order valence-electron chi connectivity index (χ3n) is 1.96. The van der Waals surface area contributed by atoms with E-state index >= 15 is 0 Å². The second-order valence-electron chi connectivity index (χ2n) is 3.35. The van der Waals surface area contributed by atoms with Crippen molar-refractivity contribution in [1.29, 1.82) is 0 Å². The van der Waals surface area contributed by atoms with Crippen LogP contribution in [0, 0.1) is 0 Å². The molecule has 0 aliphatic heterocycles. The standard InChI is InChI=1S/C9H4ClF8NO/c10-2-4-5(20-9(16,17)18)1-3(8(13,14)15)6(19-4)7(11)12/h1,7H,2H2. The van der Waals surface area contributed by atoms with Gasteiger partial charge in [0.2, 0.25) is 0 Å². The van der Waals surface area contributed by atoms with Gasteiger partial charge in [-0.1, -0.05) is 0 Å². The van der Waals surface area contributed by atoms with Crippen LogP contribution in [0.3, 0.4) is 0 Å². The van der Waals surface area contributed by atoms with Gasteiger partial charge >= 0.3 is 12.5 Å². The van der Waals surface area contributed by atoms with Gasteiger partial charge in [-0.2, -0.15) is 13.2 Å². The van der Waals surface area contributed by atoms with Crippen LogP contribution in [-0.2, 0) is 12.1 Å². The van der Waals surface area contributed by atoms with Crippen molar-refractivity contribution in [2.45, 2.75) is 24.8 Å². The molecule has 20 heavy (non-hydrogen) atoms. The van der Waals surface area contributed by atoms with E-state index < -0.39 is 47.5 Å². The highest BCUT2D eigenvalue weighted by atomic mass is 35.5. The lowest BCUT2D eigenvalue weighted by molar-refractivity contribution is -0.275. The Balaban J connectivity index is 3.46. The van der Waals surface area contributed by atoms with Gasteiger partial charge in [0.15, 0.2) is 5.75 Å². The maximum absolute atomic E-state index is 12.5. The van der Waals surface area contributed by atoms with E-state index in [0.29, 0.717) is 0 Å². The third kappa shape index (κ3) is 4.09. The fourth-order valence-electron chi connectivity index (χ4n) is 1.25. The van der Waals surface area contributed by atoms with Crippen molar-refractivity contribution >= 4 is 11.6 Å². The van der Waals surface area contributed by atoms with Gasteiger partial charge in [0.1, 0.15) is 5.69 Å². The molecule has 0 aliphatic carbocycles. The van der Waals surface area contributed by atoms with Crippen molar-refractivity contribution < 1.29 is 39.9 Å². The maximum atomic E-state index is 12.5. The van der Waals surface area contributed by atoms with E-state index in [4.69, 9.17) is 11.6 Å². The van der Waals surface area contributed by atoms with Crippen LogP contribution in [-0.4, -0.2) is 11.3 Å². The molecule has 0 atom stereocenters. The molecular formula is C9H4ClF8NO. The number of halogens is 9. The first-order chi connectivity index (χ1) is 8.95. The van der Waals surface area contributed by atoms with E-state index in [1.54, 1.807) is 0 Å². The van der Waals surface area contributed by atoms with Gasteiger partial charge in [0.05, 0.1) is 17.1 Å². The van der Waals surface area contributed by atoms with Gasteiger partial charge in [-0.3, -0.25) is 0 Å². The monoisotopic (exact) mass is 329 g/mol. The van der Waals surface area contributed by atoms with Crippen LogP contribution in [0.15, 0.2) is 6.07 Å². The zero-order chi connectivity index (χ0) is 15.7. The molecule has 1 aromatic heterocycles. The highest BCUT2D eigenvalue weighted by molar-refractivity contribution is 6.17. The van der Waals surface area contributed by atoms with Crippen LogP contribution in [0.4, 0.5) is 35.1 Å². The number of alkyl halides is 9. The second-order valence-corrected chi connectivity index (χ2v) is 3.61. The summed E-state index contributed by atoms with van der Waals surface area (Å²) in [6.45, 7) is 0. The molecule has 11 heteroatoms. The number of hydrogen-bond donors (Lipinski definition) is 0. The Morgan fingerprint density at radius 1 is 1.15 bits per heavy atom. The number of pyridine rings is 1. The largest absolute Gasteiger partial charge is 0.573 e. The number of rotatable bonds is 3. The molecule has 0 amide bonds. The lowest BCUT2D eigenvalue weighted by atomic mass is 10.1. The summed E-state index contributed by atoms with van der Waals surface area (Å²) in [5.74, 6) is -2.20.